The van der Waals surface area contributed by atoms with E-state index in [0.29, 0.717) is 45.9 Å². The van der Waals surface area contributed by atoms with Crippen LogP contribution in [0.5, 0.6) is 11.5 Å². The molecule has 7 rings (SSSR count). The third kappa shape index (κ3) is 8.64. The first-order chi connectivity index (χ1) is 28.8. The Morgan fingerprint density at radius 3 is 2.44 bits per heavy atom. The van der Waals surface area contributed by atoms with Crippen LogP contribution >= 0.6 is 11.3 Å². The van der Waals surface area contributed by atoms with E-state index in [9.17, 15) is 32.9 Å². The number of hydrogen-bond acceptors (Lipinski definition) is 13. The summed E-state index contributed by atoms with van der Waals surface area (Å²) in [6.45, 7) is 15.2. The fraction of sp³-hybridized carbons (Fsp3) is 0.465. The van der Waals surface area contributed by atoms with Gasteiger partial charge in [0.2, 0.25) is 21.8 Å². The van der Waals surface area contributed by atoms with Crippen LogP contribution in [0.15, 0.2) is 60.5 Å². The molecule has 1 aliphatic heterocycles. The predicted octanol–water partition coefficient (Wildman–Crippen LogP) is 6.25. The van der Waals surface area contributed by atoms with Crippen molar-refractivity contribution in [3.05, 3.63) is 81.9 Å². The Labute approximate surface area is 358 Å². The van der Waals surface area contributed by atoms with Crippen molar-refractivity contribution >= 4 is 61.4 Å². The van der Waals surface area contributed by atoms with Crippen LogP contribution in [-0.2, 0) is 24.4 Å². The maximum Gasteiger partial charge on any atom is 0.292 e. The van der Waals surface area contributed by atoms with Crippen molar-refractivity contribution < 1.29 is 37.2 Å². The molecule has 0 bridgehead atoms. The summed E-state index contributed by atoms with van der Waals surface area (Å²) in [6, 6.07) is 9.17. The average molecular weight is 874 g/mol. The first-order valence-corrected chi connectivity index (χ1v) is 22.6. The summed E-state index contributed by atoms with van der Waals surface area (Å²) in [5.74, 6) is -1.40. The minimum Gasteiger partial charge on any atom is -0.496 e. The van der Waals surface area contributed by atoms with Crippen molar-refractivity contribution in [3.63, 3.8) is 0 Å². The Morgan fingerprint density at radius 1 is 1.11 bits per heavy atom. The van der Waals surface area contributed by atoms with Gasteiger partial charge in [0.1, 0.15) is 51.6 Å². The van der Waals surface area contributed by atoms with Gasteiger partial charge in [-0.05, 0) is 55.7 Å². The molecule has 324 valence electrons. The molecular formula is C43H51N7O9S2. The summed E-state index contributed by atoms with van der Waals surface area (Å²) >= 11 is 1.46. The molecule has 2 saturated carbocycles. The number of anilines is 1. The number of carbonyl (C=O) groups excluding carboxylic acids is 3. The topological polar surface area (TPSA) is 212 Å². The van der Waals surface area contributed by atoms with E-state index in [0.717, 1.165) is 11.3 Å². The SMILES string of the molecule is C=C[C@@H]1C[C@]1(NC(=O)[C@@H]1C[C@@H](Oc2cc(-c3nc(C(C)C)cs3)nc3c(C)c(OC)ccc23)CN1C(=O)[C@@H](Nc1ccccc1[N+](=O)[O-])C(C)(C)C)C(=O)NS(=O)(=O)C1CC1. The van der Waals surface area contributed by atoms with Gasteiger partial charge in [-0.3, -0.25) is 29.2 Å². The Bertz CT molecular complexity index is 2530. The molecule has 2 aromatic heterocycles. The molecule has 2 aliphatic carbocycles. The lowest BCUT2D eigenvalue weighted by atomic mass is 9.85. The lowest BCUT2D eigenvalue weighted by molar-refractivity contribution is -0.384. The molecule has 4 aromatic rings. The van der Waals surface area contributed by atoms with Crippen molar-refractivity contribution in [2.75, 3.05) is 19.0 Å². The number of nitrogens with one attached hydrogen (secondary N) is 3. The number of nitrogens with zero attached hydrogens (tertiary/aromatic N) is 4. The molecule has 2 aromatic carbocycles. The minimum atomic E-state index is -3.95. The summed E-state index contributed by atoms with van der Waals surface area (Å²) < 4.78 is 40.3. The standard InChI is InChI=1S/C43H51N7O9S2/c1-9-25-20-43(25,41(53)48-61(56,57)27-14-15-27)47-38(51)33-18-26(21-49(33)40(52)37(42(5,6)7)45-29-12-10-11-13-32(29)50(54)55)59-35-19-30(39-46-31(22-60-39)23(2)3)44-36-24(4)34(58-8)17-16-28(35)36/h9-13,16-17,19,22-23,25-27,33,37,45H,1,14-15,18,20-21H2,2-8H3,(H,47,51)(H,48,53)/t25-,26-,33+,37-,43-/m1/s1. The number of nitro benzene ring substituents is 1. The van der Waals surface area contributed by atoms with Crippen LogP contribution in [0, 0.1) is 28.4 Å². The third-order valence-electron chi connectivity index (χ3n) is 11.6. The number of methoxy groups -OCH3 is 1. The van der Waals surface area contributed by atoms with Crippen molar-refractivity contribution in [2.24, 2.45) is 11.3 Å². The number of likely N-dealkylation sites (tertiary alicyclic amines) is 1. The number of rotatable bonds is 15. The first kappa shape index (κ1) is 43.5. The molecule has 1 saturated heterocycles. The van der Waals surface area contributed by atoms with Gasteiger partial charge in [-0.2, -0.15) is 0 Å². The highest BCUT2D eigenvalue weighted by Crippen LogP contribution is 2.46. The number of carbonyl (C=O) groups is 3. The number of fused-ring (bicyclic) bond motifs is 1. The predicted molar refractivity (Wildman–Crippen MR) is 232 cm³/mol. The molecule has 16 nitrogen and oxygen atoms in total. The number of aromatic nitrogens is 2. The normalized spacial score (nSPS) is 21.8. The van der Waals surface area contributed by atoms with Gasteiger partial charge in [-0.1, -0.05) is 52.8 Å². The highest BCUT2D eigenvalue weighted by molar-refractivity contribution is 7.91. The fourth-order valence-electron chi connectivity index (χ4n) is 7.77. The number of benzene rings is 2. The van der Waals surface area contributed by atoms with Crippen LogP contribution < -0.4 is 24.8 Å². The molecule has 3 amide bonds. The van der Waals surface area contributed by atoms with E-state index in [1.165, 1.54) is 40.5 Å². The van der Waals surface area contributed by atoms with Crippen LogP contribution in [0.25, 0.3) is 21.6 Å². The Hall–Kier alpha value is -5.62. The average Bonchev–Trinajstić information content (AvgIpc) is 4.09. The number of pyridine rings is 1. The van der Waals surface area contributed by atoms with Crippen LogP contribution in [-0.4, -0.2) is 88.6 Å². The summed E-state index contributed by atoms with van der Waals surface area (Å²) in [5, 5.41) is 20.6. The van der Waals surface area contributed by atoms with Gasteiger partial charge < -0.3 is 25.0 Å². The highest BCUT2D eigenvalue weighted by atomic mass is 32.2. The number of aryl methyl sites for hydroxylation is 1. The minimum absolute atomic E-state index is 0.0141. The molecule has 3 aliphatic rings. The zero-order chi connectivity index (χ0) is 44.2. The van der Waals surface area contributed by atoms with Crippen LogP contribution in [0.1, 0.15) is 77.5 Å². The summed E-state index contributed by atoms with van der Waals surface area (Å²) in [7, 11) is -2.37. The number of nitro groups is 1. The van der Waals surface area contributed by atoms with Crippen molar-refractivity contribution in [1.29, 1.82) is 0 Å². The second-order valence-corrected chi connectivity index (χ2v) is 20.2. The van der Waals surface area contributed by atoms with Gasteiger partial charge in [0.15, 0.2) is 0 Å². The number of para-hydroxylation sites is 2. The van der Waals surface area contributed by atoms with E-state index >= 15 is 0 Å². The maximum absolute atomic E-state index is 15.0. The van der Waals surface area contributed by atoms with Gasteiger partial charge in [-0.15, -0.1) is 17.9 Å². The number of sulfonamides is 1. The zero-order valence-electron chi connectivity index (χ0n) is 35.2. The third-order valence-corrected chi connectivity index (χ3v) is 14.3. The molecule has 0 unspecified atom stereocenters. The number of amides is 3. The highest BCUT2D eigenvalue weighted by Gasteiger charge is 2.62. The number of hydrogen-bond donors (Lipinski definition) is 3. The van der Waals surface area contributed by atoms with Gasteiger partial charge in [0, 0.05) is 40.8 Å². The molecule has 3 fully saturated rings. The summed E-state index contributed by atoms with van der Waals surface area (Å²) in [6.07, 6.45) is 1.70. The van der Waals surface area contributed by atoms with Crippen LogP contribution in [0.4, 0.5) is 11.4 Å². The monoisotopic (exact) mass is 873 g/mol. The van der Waals surface area contributed by atoms with Crippen molar-refractivity contribution in [2.45, 2.75) is 102 Å². The van der Waals surface area contributed by atoms with Gasteiger partial charge in [-0.25, -0.2) is 18.4 Å². The van der Waals surface area contributed by atoms with Gasteiger partial charge in [0.25, 0.3) is 11.6 Å². The van der Waals surface area contributed by atoms with E-state index < -0.39 is 73.0 Å². The molecule has 18 heteroatoms. The van der Waals surface area contributed by atoms with E-state index in [1.54, 1.807) is 40.0 Å². The van der Waals surface area contributed by atoms with Gasteiger partial charge >= 0.3 is 0 Å². The van der Waals surface area contributed by atoms with Crippen molar-refractivity contribution in [3.8, 4) is 22.2 Å². The van der Waals surface area contributed by atoms with E-state index in [4.69, 9.17) is 19.4 Å². The van der Waals surface area contributed by atoms with Crippen LogP contribution in [0.2, 0.25) is 0 Å². The molecule has 0 radical (unpaired) electrons. The summed E-state index contributed by atoms with van der Waals surface area (Å²) in [5.41, 5.74) is 0.332. The molecule has 3 heterocycles. The van der Waals surface area contributed by atoms with E-state index in [-0.39, 0.29) is 36.7 Å². The molecule has 61 heavy (non-hydrogen) atoms. The van der Waals surface area contributed by atoms with E-state index in [1.807, 2.05) is 24.4 Å². The maximum atomic E-state index is 15.0. The van der Waals surface area contributed by atoms with Crippen LogP contribution in [0.3, 0.4) is 0 Å². The second kappa shape index (κ2) is 16.3. The Kier molecular flexibility index (Phi) is 11.6. The Morgan fingerprint density at radius 2 is 1.84 bits per heavy atom. The van der Waals surface area contributed by atoms with E-state index in [2.05, 4.69) is 35.8 Å². The molecular weight excluding hydrogens is 823 g/mol. The zero-order valence-corrected chi connectivity index (χ0v) is 36.8. The largest absolute Gasteiger partial charge is 0.496 e. The second-order valence-electron chi connectivity index (χ2n) is 17.4. The van der Waals surface area contributed by atoms with Gasteiger partial charge in [0.05, 0.1) is 35.0 Å². The molecule has 5 atom stereocenters. The quantitative estimate of drug-likeness (QED) is 0.0687. The molecule has 3 N–H and O–H groups in total. The summed E-state index contributed by atoms with van der Waals surface area (Å²) in [4.78, 5) is 66.0. The Balaban J connectivity index is 1.26. The lowest BCUT2D eigenvalue weighted by Gasteiger charge is -2.36. The fourth-order valence-corrected chi connectivity index (χ4v) is 10.1. The van der Waals surface area contributed by atoms with Crippen molar-refractivity contribution in [1.82, 2.24) is 24.9 Å². The smallest absolute Gasteiger partial charge is 0.292 e. The first-order valence-electron chi connectivity index (χ1n) is 20.2. The number of thiazole rings is 1. The lowest BCUT2D eigenvalue weighted by Crippen LogP contribution is -2.58. The number of ether oxygens (including phenoxy) is 2. The molecule has 0 spiro atoms.